The summed E-state index contributed by atoms with van der Waals surface area (Å²) in [6, 6.07) is 0. The molecule has 0 spiro atoms. The van der Waals surface area contributed by atoms with E-state index in [1.807, 2.05) is 0 Å². The molecule has 1 N–H and O–H groups in total. The summed E-state index contributed by atoms with van der Waals surface area (Å²) < 4.78 is 10.7. The van der Waals surface area contributed by atoms with Crippen LogP contribution < -0.4 is 0 Å². The molecule has 0 aromatic heterocycles. The number of hydrogen-bond donors (Lipinski definition) is 1. The van der Waals surface area contributed by atoms with Crippen molar-refractivity contribution < 1.29 is 24.2 Å². The van der Waals surface area contributed by atoms with Gasteiger partial charge in [0, 0.05) is 12.8 Å². The zero-order valence-electron chi connectivity index (χ0n) is 44.3. The second-order valence-corrected chi connectivity index (χ2v) is 18.6. The van der Waals surface area contributed by atoms with Gasteiger partial charge in [0.1, 0.15) is 6.61 Å². The summed E-state index contributed by atoms with van der Waals surface area (Å²) in [5, 5.41) is 9.62. The molecule has 0 aliphatic heterocycles. The lowest BCUT2D eigenvalue weighted by Crippen LogP contribution is -2.28. The molecule has 0 aliphatic carbocycles. The number of unbranched alkanes of at least 4 members (excludes halogenated alkanes) is 25. The Bertz CT molecular complexity index is 1340. The molecule has 0 bridgehead atoms. The molecule has 0 radical (unpaired) electrons. The Kier molecular flexibility index (Phi) is 54.9. The summed E-state index contributed by atoms with van der Waals surface area (Å²) in [6.07, 6.45) is 83.5. The Morgan fingerprint density at radius 1 is 0.353 bits per heavy atom. The average Bonchev–Trinajstić information content (AvgIpc) is 3.34. The first-order chi connectivity index (χ1) is 33.6. The van der Waals surface area contributed by atoms with E-state index in [9.17, 15) is 14.7 Å². The van der Waals surface area contributed by atoms with Crippen molar-refractivity contribution >= 4 is 11.9 Å². The Morgan fingerprint density at radius 3 is 0.956 bits per heavy atom. The second-order valence-electron chi connectivity index (χ2n) is 18.6. The van der Waals surface area contributed by atoms with Crippen LogP contribution in [0.15, 0.2) is 109 Å². The molecule has 68 heavy (non-hydrogen) atoms. The van der Waals surface area contributed by atoms with Gasteiger partial charge in [0.05, 0.1) is 6.61 Å². The molecule has 0 saturated heterocycles. The summed E-state index contributed by atoms with van der Waals surface area (Å²) in [6.45, 7) is 4.03. The molecule has 0 aromatic carbocycles. The monoisotopic (exact) mass is 943 g/mol. The zero-order valence-corrected chi connectivity index (χ0v) is 44.3. The van der Waals surface area contributed by atoms with E-state index in [2.05, 4.69) is 123 Å². The van der Waals surface area contributed by atoms with Crippen molar-refractivity contribution in [2.24, 2.45) is 0 Å². The number of allylic oxidation sites excluding steroid dienone is 18. The van der Waals surface area contributed by atoms with E-state index >= 15 is 0 Å². The van der Waals surface area contributed by atoms with Gasteiger partial charge in [-0.15, -0.1) is 0 Å². The third kappa shape index (κ3) is 55.2. The summed E-state index contributed by atoms with van der Waals surface area (Å²) >= 11 is 0. The second kappa shape index (κ2) is 57.9. The van der Waals surface area contributed by atoms with Crippen molar-refractivity contribution in [1.82, 2.24) is 0 Å². The fraction of sp³-hybridized carbons (Fsp3) is 0.683. The Hall–Kier alpha value is -3.44. The molecule has 0 heterocycles. The van der Waals surface area contributed by atoms with E-state index < -0.39 is 6.10 Å². The highest BCUT2D eigenvalue weighted by atomic mass is 16.6. The molecule has 0 aliphatic rings. The van der Waals surface area contributed by atoms with Gasteiger partial charge in [0.25, 0.3) is 0 Å². The van der Waals surface area contributed by atoms with Crippen molar-refractivity contribution in [3.8, 4) is 0 Å². The predicted molar refractivity (Wildman–Crippen MR) is 297 cm³/mol. The molecule has 5 nitrogen and oxygen atoms in total. The van der Waals surface area contributed by atoms with E-state index in [0.717, 1.165) is 96.3 Å². The third-order valence-electron chi connectivity index (χ3n) is 12.1. The van der Waals surface area contributed by atoms with Crippen molar-refractivity contribution in [2.75, 3.05) is 13.2 Å². The first-order valence-electron chi connectivity index (χ1n) is 28.4. The van der Waals surface area contributed by atoms with Crippen molar-refractivity contribution in [2.45, 2.75) is 264 Å². The third-order valence-corrected chi connectivity index (χ3v) is 12.1. The minimum absolute atomic E-state index is 0.0665. The van der Waals surface area contributed by atoms with Crippen LogP contribution in [0.5, 0.6) is 0 Å². The number of carbonyl (C=O) groups is 2. The Labute approximate surface area is 421 Å². The van der Waals surface area contributed by atoms with Gasteiger partial charge in [-0.05, 0) is 83.5 Å². The first kappa shape index (κ1) is 64.6. The highest BCUT2D eigenvalue weighted by molar-refractivity contribution is 5.70. The number of aliphatic hydroxyl groups excluding tert-OH is 1. The van der Waals surface area contributed by atoms with Crippen molar-refractivity contribution in [1.29, 1.82) is 0 Å². The van der Waals surface area contributed by atoms with Gasteiger partial charge in [-0.2, -0.15) is 0 Å². The summed E-state index contributed by atoms with van der Waals surface area (Å²) in [5.41, 5.74) is 0. The lowest BCUT2D eigenvalue weighted by Gasteiger charge is -2.15. The van der Waals surface area contributed by atoms with E-state index in [0.29, 0.717) is 12.8 Å². The molecule has 0 amide bonds. The maximum atomic E-state index is 12.3. The molecule has 0 aromatic rings. The largest absolute Gasteiger partial charge is 0.462 e. The number of ether oxygens (including phenoxy) is 2. The lowest BCUT2D eigenvalue weighted by atomic mass is 10.0. The van der Waals surface area contributed by atoms with Gasteiger partial charge in [-0.25, -0.2) is 0 Å². The smallest absolute Gasteiger partial charge is 0.306 e. The minimum Gasteiger partial charge on any atom is -0.462 e. The van der Waals surface area contributed by atoms with Crippen LogP contribution in [-0.4, -0.2) is 36.4 Å². The van der Waals surface area contributed by atoms with Gasteiger partial charge >= 0.3 is 11.9 Å². The van der Waals surface area contributed by atoms with Crippen LogP contribution in [0.3, 0.4) is 0 Å². The van der Waals surface area contributed by atoms with E-state index in [1.165, 1.54) is 135 Å². The fourth-order valence-electron chi connectivity index (χ4n) is 7.84. The maximum Gasteiger partial charge on any atom is 0.306 e. The van der Waals surface area contributed by atoms with Crippen LogP contribution in [-0.2, 0) is 19.1 Å². The predicted octanol–water partition coefficient (Wildman–Crippen LogP) is 19.3. The van der Waals surface area contributed by atoms with Crippen LogP contribution in [0.4, 0.5) is 0 Å². The number of rotatable bonds is 51. The molecular formula is C63H106O5. The van der Waals surface area contributed by atoms with Gasteiger partial charge in [0.15, 0.2) is 6.10 Å². The normalized spacial score (nSPS) is 13.0. The molecule has 1 atom stereocenters. The van der Waals surface area contributed by atoms with Crippen LogP contribution in [0, 0.1) is 0 Å². The number of esters is 2. The average molecular weight is 944 g/mol. The topological polar surface area (TPSA) is 72.8 Å². The zero-order chi connectivity index (χ0) is 49.2. The molecule has 0 fully saturated rings. The SMILES string of the molecule is CC/C=C\C/C=C\C/C=C\C/C=C\C/C=C\C/C=C\C/C=C\C/C=C\C/C=C\CCCCCCCCCCCCCCCC(=O)OC(CO)COC(=O)CCCCCCCCCCCCCCC. The van der Waals surface area contributed by atoms with Crippen LogP contribution in [0.1, 0.15) is 258 Å². The maximum absolute atomic E-state index is 12.3. The van der Waals surface area contributed by atoms with Gasteiger partial charge in [0.2, 0.25) is 0 Å². The minimum atomic E-state index is -0.774. The quantitative estimate of drug-likeness (QED) is 0.0374. The molecule has 0 rings (SSSR count). The van der Waals surface area contributed by atoms with E-state index in [4.69, 9.17) is 9.47 Å². The van der Waals surface area contributed by atoms with E-state index in [1.54, 1.807) is 0 Å². The highest BCUT2D eigenvalue weighted by Crippen LogP contribution is 2.16. The fourth-order valence-corrected chi connectivity index (χ4v) is 7.84. The van der Waals surface area contributed by atoms with Gasteiger partial charge < -0.3 is 14.6 Å². The highest BCUT2D eigenvalue weighted by Gasteiger charge is 2.16. The number of carbonyl (C=O) groups excluding carboxylic acids is 2. The number of aliphatic hydroxyl groups is 1. The Morgan fingerprint density at radius 2 is 0.632 bits per heavy atom. The van der Waals surface area contributed by atoms with Crippen LogP contribution in [0.25, 0.3) is 0 Å². The van der Waals surface area contributed by atoms with Crippen molar-refractivity contribution in [3.63, 3.8) is 0 Å². The molecule has 5 heteroatoms. The molecule has 388 valence electrons. The first-order valence-corrected chi connectivity index (χ1v) is 28.4. The van der Waals surface area contributed by atoms with Crippen LogP contribution >= 0.6 is 0 Å². The summed E-state index contributed by atoms with van der Waals surface area (Å²) in [7, 11) is 0. The molecule has 0 saturated carbocycles. The van der Waals surface area contributed by atoms with Crippen molar-refractivity contribution in [3.05, 3.63) is 109 Å². The van der Waals surface area contributed by atoms with Gasteiger partial charge in [-0.3, -0.25) is 9.59 Å². The van der Waals surface area contributed by atoms with E-state index in [-0.39, 0.29) is 25.2 Å². The van der Waals surface area contributed by atoms with Crippen LogP contribution in [0.2, 0.25) is 0 Å². The molecule has 1 unspecified atom stereocenters. The standard InChI is InChI=1S/C63H106O5/c1-3-5-7-9-11-13-15-17-18-19-20-21-22-23-24-25-26-27-28-29-30-31-32-33-34-35-36-37-38-39-40-41-42-43-44-46-48-50-52-54-56-58-63(66)68-61(59-64)60-67-62(65)57-55-53-51-49-47-45-16-14-12-10-8-6-4-2/h5,7,11,13,17-18,20-21,23-24,26-27,29-30,32-33,35-36,61,64H,3-4,6,8-10,12,14-16,19,22,25,28,31,34,37-60H2,1-2H3/b7-5-,13-11-,18-17-,21-20-,24-23-,27-26-,30-29-,33-32-,36-35-. The number of hydrogen-bond acceptors (Lipinski definition) is 5. The lowest BCUT2D eigenvalue weighted by molar-refractivity contribution is -0.161. The molecular weight excluding hydrogens is 837 g/mol. The summed E-state index contributed by atoms with van der Waals surface area (Å²) in [5.74, 6) is -0.588. The summed E-state index contributed by atoms with van der Waals surface area (Å²) in [4.78, 5) is 24.4. The van der Waals surface area contributed by atoms with Gasteiger partial charge in [-0.1, -0.05) is 271 Å². The Balaban J connectivity index is 3.53.